The van der Waals surface area contributed by atoms with Gasteiger partial charge in [-0.1, -0.05) is 0 Å². The van der Waals surface area contributed by atoms with E-state index in [0.29, 0.717) is 42.0 Å². The summed E-state index contributed by atoms with van der Waals surface area (Å²) in [5.74, 6) is -1.89. The number of benzene rings is 1. The van der Waals surface area contributed by atoms with Crippen LogP contribution in [0.3, 0.4) is 0 Å². The maximum absolute atomic E-state index is 14.7. The number of H-pyrrole nitrogens is 1. The molecule has 4 heterocycles. The lowest BCUT2D eigenvalue weighted by Crippen LogP contribution is -2.42. The van der Waals surface area contributed by atoms with E-state index in [1.54, 1.807) is 6.08 Å². The summed E-state index contributed by atoms with van der Waals surface area (Å²) in [4.78, 5) is 45.4. The highest BCUT2D eigenvalue weighted by molar-refractivity contribution is 6.35. The van der Waals surface area contributed by atoms with Gasteiger partial charge in [-0.3, -0.25) is 14.4 Å². The fourth-order valence-corrected chi connectivity index (χ4v) is 5.12. The Morgan fingerprint density at radius 1 is 1.22 bits per heavy atom. The van der Waals surface area contributed by atoms with Crippen LogP contribution in [0.5, 0.6) is 0 Å². The number of hydrogen-bond donors (Lipinski definition) is 4. The number of carbonyl (C=O) groups excluding carboxylic acids is 3. The average Bonchev–Trinajstić information content (AvgIpc) is 3.53. The zero-order valence-corrected chi connectivity index (χ0v) is 20.4. The molecule has 1 aromatic carbocycles. The van der Waals surface area contributed by atoms with E-state index in [1.807, 2.05) is 11.8 Å². The van der Waals surface area contributed by atoms with Crippen molar-refractivity contribution in [2.24, 2.45) is 0 Å². The third-order valence-corrected chi connectivity index (χ3v) is 7.20. The molecule has 5 rings (SSSR count). The second-order valence-corrected chi connectivity index (χ2v) is 9.66. The highest BCUT2D eigenvalue weighted by Crippen LogP contribution is 2.37. The van der Waals surface area contributed by atoms with Crippen molar-refractivity contribution >= 4 is 40.7 Å². The Kier molecular flexibility index (Phi) is 6.40. The minimum atomic E-state index is -1.30. The van der Waals surface area contributed by atoms with Crippen molar-refractivity contribution in [1.29, 1.82) is 0 Å². The van der Waals surface area contributed by atoms with Gasteiger partial charge in [0.2, 0.25) is 0 Å². The van der Waals surface area contributed by atoms with Crippen molar-refractivity contribution in [3.05, 3.63) is 46.0 Å². The van der Waals surface area contributed by atoms with Crippen LogP contribution < -0.4 is 10.6 Å². The lowest BCUT2D eigenvalue weighted by Gasteiger charge is -2.29. The molecule has 10 heteroatoms. The average molecular weight is 496 g/mol. The van der Waals surface area contributed by atoms with Gasteiger partial charge < -0.3 is 30.5 Å². The van der Waals surface area contributed by atoms with Crippen molar-refractivity contribution in [2.75, 3.05) is 43.4 Å². The lowest BCUT2D eigenvalue weighted by atomic mass is 10.0. The molecule has 0 radical (unpaired) electrons. The molecule has 0 aliphatic carbocycles. The summed E-state index contributed by atoms with van der Waals surface area (Å²) in [5.41, 5.74) is 3.74. The Hall–Kier alpha value is -3.50. The van der Waals surface area contributed by atoms with Crippen LogP contribution in [0.4, 0.5) is 15.8 Å². The molecular formula is C26H30FN5O4. The van der Waals surface area contributed by atoms with Gasteiger partial charge in [-0.2, -0.15) is 0 Å². The number of aromatic amines is 1. The number of aliphatic hydroxyl groups excluding tert-OH is 1. The second kappa shape index (κ2) is 9.51. The first-order valence-electron chi connectivity index (χ1n) is 12.3. The molecule has 1 aromatic heterocycles. The number of aliphatic hydroxyl groups is 1. The van der Waals surface area contributed by atoms with Crippen LogP contribution in [0.1, 0.15) is 52.6 Å². The predicted molar refractivity (Wildman–Crippen MR) is 134 cm³/mol. The molecule has 4 N–H and O–H groups in total. The smallest absolute Gasteiger partial charge is 0.256 e. The lowest BCUT2D eigenvalue weighted by molar-refractivity contribution is -0.123. The van der Waals surface area contributed by atoms with Crippen LogP contribution in [0.2, 0.25) is 0 Å². The van der Waals surface area contributed by atoms with Crippen LogP contribution in [-0.2, 0) is 16.0 Å². The first-order chi connectivity index (χ1) is 17.2. The number of nitrogens with one attached hydrogen (secondary N) is 3. The Balaban J connectivity index is 1.40. The molecule has 2 aromatic rings. The summed E-state index contributed by atoms with van der Waals surface area (Å²) in [7, 11) is 0. The number of nitrogens with zero attached hydrogens (tertiary/aromatic N) is 2. The molecule has 3 aliphatic heterocycles. The molecule has 36 heavy (non-hydrogen) atoms. The fourth-order valence-electron chi connectivity index (χ4n) is 5.12. The summed E-state index contributed by atoms with van der Waals surface area (Å²) in [6.45, 7) is 7.53. The second-order valence-electron chi connectivity index (χ2n) is 9.66. The van der Waals surface area contributed by atoms with Gasteiger partial charge in [0.15, 0.2) is 0 Å². The molecule has 190 valence electrons. The normalized spacial score (nSPS) is 19.4. The Bertz CT molecular complexity index is 1280. The molecule has 0 bridgehead atoms. The quantitative estimate of drug-likeness (QED) is 0.459. The molecule has 1 atom stereocenters. The Morgan fingerprint density at radius 2 is 1.97 bits per heavy atom. The topological polar surface area (TPSA) is 118 Å². The summed E-state index contributed by atoms with van der Waals surface area (Å²) < 4.78 is 14.7. The highest BCUT2D eigenvalue weighted by atomic mass is 19.1. The summed E-state index contributed by atoms with van der Waals surface area (Å²) >= 11 is 0. The number of rotatable bonds is 6. The zero-order valence-electron chi connectivity index (χ0n) is 20.4. The molecule has 9 nitrogen and oxygen atoms in total. The third kappa shape index (κ3) is 4.42. The number of aromatic nitrogens is 1. The number of amides is 3. The van der Waals surface area contributed by atoms with E-state index in [9.17, 15) is 23.9 Å². The number of carbonyl (C=O) groups is 3. The maximum atomic E-state index is 14.7. The van der Waals surface area contributed by atoms with Crippen molar-refractivity contribution in [3.63, 3.8) is 0 Å². The van der Waals surface area contributed by atoms with Crippen molar-refractivity contribution in [3.8, 4) is 0 Å². The summed E-state index contributed by atoms with van der Waals surface area (Å²) in [6, 6.07) is 2.51. The van der Waals surface area contributed by atoms with Gasteiger partial charge in [0, 0.05) is 43.0 Å². The Morgan fingerprint density at radius 3 is 2.69 bits per heavy atom. The number of hydrogen-bond acceptors (Lipinski definition) is 5. The number of likely N-dealkylation sites (tertiary alicyclic amines) is 1. The minimum absolute atomic E-state index is 0.00494. The standard InChI is InChI=1S/C26H30FN5O4/c1-14-20(28-19-5-8-32(26(36)23(14)19)10-9-31-6-3-4-7-31)12-17-16-11-18(27)22(30-24(34)15(2)33)13-21(16)29-25(17)35/h11-13,15,28,33H,3-10H2,1-2H3,(H,29,35)(H,30,34)/b17-12-/t15-/m0/s1. The van der Waals surface area contributed by atoms with Gasteiger partial charge in [-0.05, 0) is 63.6 Å². The molecule has 0 spiro atoms. The van der Waals surface area contributed by atoms with Crippen LogP contribution in [0, 0.1) is 12.7 Å². The van der Waals surface area contributed by atoms with Gasteiger partial charge in [0.25, 0.3) is 17.7 Å². The first kappa shape index (κ1) is 24.2. The first-order valence-corrected chi connectivity index (χ1v) is 12.3. The van der Waals surface area contributed by atoms with Gasteiger partial charge in [-0.25, -0.2) is 4.39 Å². The molecule has 1 fully saturated rings. The van der Waals surface area contributed by atoms with E-state index < -0.39 is 23.7 Å². The Labute approximate surface area is 208 Å². The SMILES string of the molecule is Cc1c(/C=C2\C(=O)Nc3cc(NC(=O)[C@H](C)O)c(F)cc32)[nH]c2c1C(=O)N(CCN1CCCC1)CC2. The fraction of sp³-hybridized carbons (Fsp3) is 0.423. The van der Waals surface area contributed by atoms with Gasteiger partial charge in [0.1, 0.15) is 11.9 Å². The van der Waals surface area contributed by atoms with Crippen LogP contribution in [-0.4, -0.2) is 76.4 Å². The number of halogens is 1. The monoisotopic (exact) mass is 495 g/mol. The molecular weight excluding hydrogens is 465 g/mol. The molecule has 0 unspecified atom stereocenters. The zero-order chi connectivity index (χ0) is 25.6. The summed E-state index contributed by atoms with van der Waals surface area (Å²) in [5, 5.41) is 14.4. The molecule has 1 saturated heterocycles. The van der Waals surface area contributed by atoms with Gasteiger partial charge in [-0.15, -0.1) is 0 Å². The number of fused-ring (bicyclic) bond motifs is 2. The largest absolute Gasteiger partial charge is 0.384 e. The van der Waals surface area contributed by atoms with Crippen LogP contribution in [0.25, 0.3) is 11.6 Å². The van der Waals surface area contributed by atoms with Gasteiger partial charge in [0.05, 0.1) is 22.5 Å². The van der Waals surface area contributed by atoms with E-state index in [2.05, 4.69) is 20.5 Å². The minimum Gasteiger partial charge on any atom is -0.384 e. The van der Waals surface area contributed by atoms with Crippen molar-refractivity contribution in [2.45, 2.75) is 39.2 Å². The van der Waals surface area contributed by atoms with E-state index in [4.69, 9.17) is 0 Å². The highest BCUT2D eigenvalue weighted by Gasteiger charge is 2.31. The molecule has 0 saturated carbocycles. The van der Waals surface area contributed by atoms with E-state index in [-0.39, 0.29) is 17.2 Å². The van der Waals surface area contributed by atoms with Crippen LogP contribution >= 0.6 is 0 Å². The van der Waals surface area contributed by atoms with Crippen LogP contribution in [0.15, 0.2) is 12.1 Å². The summed E-state index contributed by atoms with van der Waals surface area (Å²) in [6.07, 6.45) is 3.47. The van der Waals surface area contributed by atoms with E-state index >= 15 is 0 Å². The number of anilines is 2. The van der Waals surface area contributed by atoms with E-state index in [0.717, 1.165) is 30.9 Å². The molecule has 3 amide bonds. The van der Waals surface area contributed by atoms with Crippen molar-refractivity contribution < 1.29 is 23.9 Å². The predicted octanol–water partition coefficient (Wildman–Crippen LogP) is 2.37. The van der Waals surface area contributed by atoms with E-state index in [1.165, 1.54) is 31.9 Å². The molecule has 3 aliphatic rings. The third-order valence-electron chi connectivity index (χ3n) is 7.20. The van der Waals surface area contributed by atoms with Crippen molar-refractivity contribution in [1.82, 2.24) is 14.8 Å². The maximum Gasteiger partial charge on any atom is 0.256 e. The van der Waals surface area contributed by atoms with Gasteiger partial charge >= 0.3 is 0 Å².